The van der Waals surface area contributed by atoms with E-state index in [-0.39, 0.29) is 12.5 Å². The van der Waals surface area contributed by atoms with Gasteiger partial charge in [-0.3, -0.25) is 0 Å². The van der Waals surface area contributed by atoms with Crippen molar-refractivity contribution in [1.29, 1.82) is 0 Å². The molecule has 0 aliphatic carbocycles. The van der Waals surface area contributed by atoms with E-state index in [1.54, 1.807) is 7.11 Å². The minimum absolute atomic E-state index is 0.00787. The van der Waals surface area contributed by atoms with Crippen molar-refractivity contribution in [2.24, 2.45) is 0 Å². The molecule has 0 spiro atoms. The van der Waals surface area contributed by atoms with Crippen LogP contribution in [0.15, 0.2) is 24.3 Å². The minimum Gasteiger partial charge on any atom is -0.502 e. The molecule has 0 radical (unpaired) electrons. The van der Waals surface area contributed by atoms with E-state index in [4.69, 9.17) is 23.7 Å². The topological polar surface area (TPSA) is 66.4 Å². The first-order valence-electron chi connectivity index (χ1n) is 7.56. The molecule has 1 heterocycles. The fourth-order valence-corrected chi connectivity index (χ4v) is 2.71. The summed E-state index contributed by atoms with van der Waals surface area (Å²) >= 11 is 0. The largest absolute Gasteiger partial charge is 0.502 e. The van der Waals surface area contributed by atoms with Crippen LogP contribution in [-0.2, 0) is 12.8 Å². The third-order valence-corrected chi connectivity index (χ3v) is 3.96. The minimum atomic E-state index is 0.00787. The standard InChI is InChI=1S/C18H20O6/c1-20-13-6-11(7-14(21-2)17(13)19)4-5-12-8-15(22-3)18-16(9-12)23-10-24-18/h6-9,19H,4-5,10H2,1-3H3. The second kappa shape index (κ2) is 6.78. The van der Waals surface area contributed by atoms with E-state index in [1.165, 1.54) is 14.2 Å². The first kappa shape index (κ1) is 16.1. The lowest BCUT2D eigenvalue weighted by Gasteiger charge is -2.12. The molecule has 2 aromatic rings. The number of fused-ring (bicyclic) bond motifs is 1. The molecule has 1 aliphatic heterocycles. The smallest absolute Gasteiger partial charge is 0.231 e. The molecule has 0 aromatic heterocycles. The molecule has 1 N–H and O–H groups in total. The summed E-state index contributed by atoms with van der Waals surface area (Å²) in [4.78, 5) is 0. The van der Waals surface area contributed by atoms with Gasteiger partial charge >= 0.3 is 0 Å². The molecule has 0 saturated carbocycles. The number of benzene rings is 2. The number of aryl methyl sites for hydroxylation is 2. The van der Waals surface area contributed by atoms with E-state index in [2.05, 4.69) is 0 Å². The van der Waals surface area contributed by atoms with Gasteiger partial charge in [-0.2, -0.15) is 0 Å². The zero-order chi connectivity index (χ0) is 17.1. The Kier molecular flexibility index (Phi) is 4.55. The summed E-state index contributed by atoms with van der Waals surface area (Å²) in [5, 5.41) is 9.98. The zero-order valence-electron chi connectivity index (χ0n) is 13.9. The number of methoxy groups -OCH3 is 3. The Morgan fingerprint density at radius 3 is 1.96 bits per heavy atom. The molecule has 0 fully saturated rings. The van der Waals surface area contributed by atoms with Crippen LogP contribution >= 0.6 is 0 Å². The molecule has 0 atom stereocenters. The third-order valence-electron chi connectivity index (χ3n) is 3.96. The fraction of sp³-hybridized carbons (Fsp3) is 0.333. The summed E-state index contributed by atoms with van der Waals surface area (Å²) in [5.74, 6) is 2.81. The maximum Gasteiger partial charge on any atom is 0.231 e. The van der Waals surface area contributed by atoms with Crippen molar-refractivity contribution >= 4 is 0 Å². The molecule has 2 aromatic carbocycles. The molecule has 0 amide bonds. The normalized spacial score (nSPS) is 12.1. The summed E-state index contributed by atoms with van der Waals surface area (Å²) in [7, 11) is 4.64. The summed E-state index contributed by atoms with van der Waals surface area (Å²) in [5.41, 5.74) is 2.07. The lowest BCUT2D eigenvalue weighted by atomic mass is 10.0. The van der Waals surface area contributed by atoms with Crippen molar-refractivity contribution < 1.29 is 28.8 Å². The van der Waals surface area contributed by atoms with Gasteiger partial charge in [0.1, 0.15) is 0 Å². The van der Waals surface area contributed by atoms with Crippen LogP contribution in [0.3, 0.4) is 0 Å². The van der Waals surface area contributed by atoms with Gasteiger partial charge in [0.2, 0.25) is 18.3 Å². The molecular formula is C18H20O6. The third kappa shape index (κ3) is 2.99. The molecule has 0 unspecified atom stereocenters. The number of hydrogen-bond acceptors (Lipinski definition) is 6. The highest BCUT2D eigenvalue weighted by Gasteiger charge is 2.20. The summed E-state index contributed by atoms with van der Waals surface area (Å²) in [6.45, 7) is 0.210. The van der Waals surface area contributed by atoms with Gasteiger partial charge in [-0.1, -0.05) is 0 Å². The van der Waals surface area contributed by atoms with Crippen molar-refractivity contribution in [3.8, 4) is 34.5 Å². The van der Waals surface area contributed by atoms with Gasteiger partial charge in [0.15, 0.2) is 23.0 Å². The van der Waals surface area contributed by atoms with Gasteiger partial charge in [0.25, 0.3) is 0 Å². The molecule has 3 rings (SSSR count). The number of aromatic hydroxyl groups is 1. The summed E-state index contributed by atoms with van der Waals surface area (Å²) < 4.78 is 26.6. The lowest BCUT2D eigenvalue weighted by Crippen LogP contribution is -1.96. The molecule has 128 valence electrons. The SMILES string of the molecule is COc1cc(CCc2cc(OC)c3c(c2)OCO3)cc(OC)c1O. The van der Waals surface area contributed by atoms with Crippen LogP contribution in [-0.4, -0.2) is 33.2 Å². The maximum absolute atomic E-state index is 9.98. The predicted octanol–water partition coefficient (Wildman–Crippen LogP) is 2.93. The average molecular weight is 332 g/mol. The van der Waals surface area contributed by atoms with E-state index in [0.717, 1.165) is 24.0 Å². The van der Waals surface area contributed by atoms with Crippen LogP contribution in [0, 0.1) is 0 Å². The molecule has 6 heteroatoms. The first-order valence-corrected chi connectivity index (χ1v) is 7.56. The molecule has 1 aliphatic rings. The molecule has 0 bridgehead atoms. The van der Waals surface area contributed by atoms with Crippen LogP contribution in [0.25, 0.3) is 0 Å². The Bertz CT molecular complexity index is 701. The van der Waals surface area contributed by atoms with Crippen molar-refractivity contribution in [1.82, 2.24) is 0 Å². The van der Waals surface area contributed by atoms with Crippen LogP contribution in [0.2, 0.25) is 0 Å². The van der Waals surface area contributed by atoms with Gasteiger partial charge < -0.3 is 28.8 Å². The van der Waals surface area contributed by atoms with Gasteiger partial charge in [0, 0.05) is 0 Å². The Hall–Kier alpha value is -2.76. The highest BCUT2D eigenvalue weighted by Crippen LogP contribution is 2.42. The van der Waals surface area contributed by atoms with E-state index in [0.29, 0.717) is 28.7 Å². The maximum atomic E-state index is 9.98. The number of phenols is 1. The zero-order valence-corrected chi connectivity index (χ0v) is 13.9. The van der Waals surface area contributed by atoms with Gasteiger partial charge in [-0.05, 0) is 48.2 Å². The van der Waals surface area contributed by atoms with E-state index in [9.17, 15) is 5.11 Å². The second-order valence-corrected chi connectivity index (χ2v) is 5.38. The Morgan fingerprint density at radius 2 is 1.38 bits per heavy atom. The second-order valence-electron chi connectivity index (χ2n) is 5.38. The van der Waals surface area contributed by atoms with E-state index >= 15 is 0 Å². The van der Waals surface area contributed by atoms with Crippen LogP contribution in [0.4, 0.5) is 0 Å². The van der Waals surface area contributed by atoms with E-state index in [1.807, 2.05) is 24.3 Å². The Labute approximate surface area is 140 Å². The highest BCUT2D eigenvalue weighted by molar-refractivity contribution is 5.56. The summed E-state index contributed by atoms with van der Waals surface area (Å²) in [6.07, 6.45) is 1.51. The van der Waals surface area contributed by atoms with Crippen LogP contribution < -0.4 is 23.7 Å². The predicted molar refractivity (Wildman–Crippen MR) is 87.7 cm³/mol. The molecule has 6 nitrogen and oxygen atoms in total. The van der Waals surface area contributed by atoms with Crippen molar-refractivity contribution in [2.45, 2.75) is 12.8 Å². The monoisotopic (exact) mass is 332 g/mol. The van der Waals surface area contributed by atoms with E-state index < -0.39 is 0 Å². The molecular weight excluding hydrogens is 312 g/mol. The number of rotatable bonds is 6. The van der Waals surface area contributed by atoms with Gasteiger partial charge in [-0.25, -0.2) is 0 Å². The van der Waals surface area contributed by atoms with Crippen molar-refractivity contribution in [2.75, 3.05) is 28.1 Å². The van der Waals surface area contributed by atoms with Crippen molar-refractivity contribution in [3.63, 3.8) is 0 Å². The highest BCUT2D eigenvalue weighted by atomic mass is 16.7. The number of phenolic OH excluding ortho intramolecular Hbond substituents is 1. The molecule has 0 saturated heterocycles. The lowest BCUT2D eigenvalue weighted by molar-refractivity contribution is 0.171. The van der Waals surface area contributed by atoms with Crippen LogP contribution in [0.5, 0.6) is 34.5 Å². The number of ether oxygens (including phenoxy) is 5. The van der Waals surface area contributed by atoms with Gasteiger partial charge in [0.05, 0.1) is 21.3 Å². The van der Waals surface area contributed by atoms with Gasteiger partial charge in [-0.15, -0.1) is 0 Å². The average Bonchev–Trinajstić information content (AvgIpc) is 3.08. The van der Waals surface area contributed by atoms with Crippen molar-refractivity contribution in [3.05, 3.63) is 35.4 Å². The Morgan fingerprint density at radius 1 is 0.833 bits per heavy atom. The van der Waals surface area contributed by atoms with Crippen LogP contribution in [0.1, 0.15) is 11.1 Å². The Balaban J connectivity index is 1.81. The first-order chi connectivity index (χ1) is 11.7. The fourth-order valence-electron chi connectivity index (χ4n) is 2.71. The quantitative estimate of drug-likeness (QED) is 0.877. The summed E-state index contributed by atoms with van der Waals surface area (Å²) in [6, 6.07) is 7.52. The molecule has 24 heavy (non-hydrogen) atoms. The number of hydrogen-bond donors (Lipinski definition) is 1.